The number of thiophene rings is 1. The molecule has 1 amide bonds. The van der Waals surface area contributed by atoms with Crippen LogP contribution in [0, 0.1) is 0 Å². The van der Waals surface area contributed by atoms with Crippen LogP contribution in [0.25, 0.3) is 0 Å². The number of aromatic nitrogens is 1. The highest BCUT2D eigenvalue weighted by atomic mass is 32.1. The number of fused-ring (bicyclic) bond motifs is 1. The fourth-order valence-corrected chi connectivity index (χ4v) is 5.03. The van der Waals surface area contributed by atoms with E-state index in [2.05, 4.69) is 11.1 Å². The maximum Gasteiger partial charge on any atom is 0.417 e. The molecule has 0 bridgehead atoms. The molecule has 2 aromatic heterocycles. The van der Waals surface area contributed by atoms with Crippen LogP contribution < -0.4 is 4.90 Å². The summed E-state index contributed by atoms with van der Waals surface area (Å²) in [7, 11) is 0. The second-order valence-corrected chi connectivity index (χ2v) is 8.44. The zero-order chi connectivity index (χ0) is 19.7. The van der Waals surface area contributed by atoms with Gasteiger partial charge in [0, 0.05) is 37.3 Å². The Hall–Kier alpha value is -2.09. The van der Waals surface area contributed by atoms with Crippen molar-refractivity contribution in [2.75, 3.05) is 31.1 Å². The number of carbonyl (C=O) groups excluding carboxylic acids is 1. The molecule has 8 heteroatoms. The third-order valence-electron chi connectivity index (χ3n) is 5.42. The summed E-state index contributed by atoms with van der Waals surface area (Å²) in [5.41, 5.74) is 0.584. The number of carbonyl (C=O) groups is 1. The molecule has 1 saturated heterocycles. The fraction of sp³-hybridized carbons (Fsp3) is 0.500. The van der Waals surface area contributed by atoms with Crippen LogP contribution in [-0.4, -0.2) is 42.0 Å². The predicted octanol–water partition coefficient (Wildman–Crippen LogP) is 4.39. The minimum Gasteiger partial charge on any atom is -0.353 e. The zero-order valence-corrected chi connectivity index (χ0v) is 16.3. The van der Waals surface area contributed by atoms with Gasteiger partial charge >= 0.3 is 6.18 Å². The largest absolute Gasteiger partial charge is 0.417 e. The number of alkyl halides is 3. The van der Waals surface area contributed by atoms with E-state index in [1.54, 1.807) is 11.3 Å². The number of nitrogens with zero attached hydrogens (tertiary/aromatic N) is 3. The van der Waals surface area contributed by atoms with Crippen molar-refractivity contribution < 1.29 is 18.0 Å². The van der Waals surface area contributed by atoms with Gasteiger partial charge in [-0.25, -0.2) is 4.98 Å². The van der Waals surface area contributed by atoms with E-state index in [-0.39, 0.29) is 5.91 Å². The number of piperazine rings is 1. The van der Waals surface area contributed by atoms with Gasteiger partial charge in [-0.15, -0.1) is 11.3 Å². The Morgan fingerprint density at radius 2 is 1.79 bits per heavy atom. The Balaban J connectivity index is 1.38. The second kappa shape index (κ2) is 7.73. The highest BCUT2D eigenvalue weighted by Crippen LogP contribution is 2.31. The average molecular weight is 409 g/mol. The normalized spacial score (nSPS) is 18.0. The number of aryl methyl sites for hydroxylation is 2. The molecule has 3 heterocycles. The number of rotatable bonds is 2. The van der Waals surface area contributed by atoms with Crippen molar-refractivity contribution >= 4 is 23.1 Å². The molecule has 0 saturated carbocycles. The highest BCUT2D eigenvalue weighted by molar-refractivity contribution is 7.14. The number of hydrogen-bond acceptors (Lipinski definition) is 4. The topological polar surface area (TPSA) is 36.4 Å². The molecule has 2 aromatic rings. The third kappa shape index (κ3) is 4.01. The van der Waals surface area contributed by atoms with Crippen LogP contribution in [0.15, 0.2) is 24.4 Å². The quantitative estimate of drug-likeness (QED) is 0.690. The summed E-state index contributed by atoms with van der Waals surface area (Å²) in [4.78, 5) is 22.8. The minimum atomic E-state index is -4.38. The molecule has 0 spiro atoms. The van der Waals surface area contributed by atoms with Crippen molar-refractivity contribution in [2.45, 2.75) is 38.3 Å². The Labute approximate surface area is 166 Å². The van der Waals surface area contributed by atoms with E-state index in [4.69, 9.17) is 0 Å². The van der Waals surface area contributed by atoms with Crippen molar-refractivity contribution in [3.05, 3.63) is 45.3 Å². The van der Waals surface area contributed by atoms with Crippen LogP contribution in [0.4, 0.5) is 19.0 Å². The smallest absolute Gasteiger partial charge is 0.353 e. The predicted molar refractivity (Wildman–Crippen MR) is 103 cm³/mol. The molecule has 0 N–H and O–H groups in total. The first kappa shape index (κ1) is 19.2. The fourth-order valence-electron chi connectivity index (χ4n) is 3.81. The Bertz CT molecular complexity index is 816. The molecule has 0 unspecified atom stereocenters. The molecule has 4 nitrogen and oxygen atoms in total. The molecule has 4 rings (SSSR count). The van der Waals surface area contributed by atoms with Crippen molar-refractivity contribution in [2.24, 2.45) is 0 Å². The molecule has 1 fully saturated rings. The lowest BCUT2D eigenvalue weighted by Gasteiger charge is -2.35. The molecule has 28 heavy (non-hydrogen) atoms. The third-order valence-corrected chi connectivity index (χ3v) is 6.65. The SMILES string of the molecule is O=C(c1cc2c(s1)CCCCC2)N1CCN(c2ccc(C(F)(F)F)cn2)CC1. The van der Waals surface area contributed by atoms with E-state index < -0.39 is 11.7 Å². The summed E-state index contributed by atoms with van der Waals surface area (Å²) in [6, 6.07) is 4.52. The lowest BCUT2D eigenvalue weighted by atomic mass is 10.1. The first-order valence-corrected chi connectivity index (χ1v) is 10.4. The van der Waals surface area contributed by atoms with Crippen molar-refractivity contribution in [3.8, 4) is 0 Å². The lowest BCUT2D eigenvalue weighted by Crippen LogP contribution is -2.48. The summed E-state index contributed by atoms with van der Waals surface area (Å²) >= 11 is 1.63. The minimum absolute atomic E-state index is 0.0677. The van der Waals surface area contributed by atoms with Gasteiger partial charge < -0.3 is 9.80 Å². The maximum absolute atomic E-state index is 12.9. The van der Waals surface area contributed by atoms with E-state index in [1.165, 1.54) is 35.8 Å². The first-order chi connectivity index (χ1) is 13.4. The van der Waals surface area contributed by atoms with Crippen LogP contribution in [0.3, 0.4) is 0 Å². The molecule has 0 atom stereocenters. The van der Waals surface area contributed by atoms with E-state index in [0.717, 1.165) is 30.0 Å². The van der Waals surface area contributed by atoms with Gasteiger partial charge in [-0.1, -0.05) is 6.42 Å². The van der Waals surface area contributed by atoms with Crippen molar-refractivity contribution in [1.82, 2.24) is 9.88 Å². The van der Waals surface area contributed by atoms with E-state index in [0.29, 0.717) is 32.0 Å². The van der Waals surface area contributed by atoms with Crippen LogP contribution >= 0.6 is 11.3 Å². The van der Waals surface area contributed by atoms with Crippen molar-refractivity contribution in [1.29, 1.82) is 0 Å². The number of halogens is 3. The van der Waals surface area contributed by atoms with Gasteiger partial charge in [0.05, 0.1) is 10.4 Å². The molecule has 1 aliphatic heterocycles. The van der Waals surface area contributed by atoms with Crippen LogP contribution in [0.5, 0.6) is 0 Å². The van der Waals surface area contributed by atoms with Crippen molar-refractivity contribution in [3.63, 3.8) is 0 Å². The van der Waals surface area contributed by atoms with Gasteiger partial charge in [-0.05, 0) is 49.4 Å². The lowest BCUT2D eigenvalue weighted by molar-refractivity contribution is -0.137. The molecule has 1 aliphatic carbocycles. The summed E-state index contributed by atoms with van der Waals surface area (Å²) < 4.78 is 38.0. The summed E-state index contributed by atoms with van der Waals surface area (Å²) in [5, 5.41) is 0. The highest BCUT2D eigenvalue weighted by Gasteiger charge is 2.31. The maximum atomic E-state index is 12.9. The molecular weight excluding hydrogens is 387 g/mol. The number of anilines is 1. The number of pyridine rings is 1. The standard InChI is InChI=1S/C20H22F3N3OS/c21-20(22,23)15-6-7-18(24-13-15)25-8-10-26(11-9-25)19(27)17-12-14-4-2-1-3-5-16(14)28-17/h6-7,12-13H,1-5,8-11H2. The molecule has 150 valence electrons. The van der Waals surface area contributed by atoms with Gasteiger partial charge in [-0.2, -0.15) is 13.2 Å². The summed E-state index contributed by atoms with van der Waals surface area (Å²) in [6.07, 6.45) is 2.26. The van der Waals surface area contributed by atoms with Gasteiger partial charge in [0.2, 0.25) is 0 Å². The number of amides is 1. The Kier molecular flexibility index (Phi) is 5.31. The van der Waals surface area contributed by atoms with Gasteiger partial charge in [-0.3, -0.25) is 4.79 Å². The molecule has 2 aliphatic rings. The summed E-state index contributed by atoms with van der Waals surface area (Å²) in [5.74, 6) is 0.584. The van der Waals surface area contributed by atoms with Crippen LogP contribution in [-0.2, 0) is 19.0 Å². The number of hydrogen-bond donors (Lipinski definition) is 0. The Morgan fingerprint density at radius 1 is 1.04 bits per heavy atom. The Morgan fingerprint density at radius 3 is 2.46 bits per heavy atom. The zero-order valence-electron chi connectivity index (χ0n) is 15.5. The monoisotopic (exact) mass is 409 g/mol. The van der Waals surface area contributed by atoms with E-state index in [9.17, 15) is 18.0 Å². The molecular formula is C20H22F3N3OS. The summed E-state index contributed by atoms with van der Waals surface area (Å²) in [6.45, 7) is 2.22. The van der Waals surface area contributed by atoms with E-state index in [1.807, 2.05) is 9.80 Å². The van der Waals surface area contributed by atoms with E-state index >= 15 is 0 Å². The average Bonchev–Trinajstić information content (AvgIpc) is 2.97. The van der Waals surface area contributed by atoms with Crippen LogP contribution in [0.1, 0.15) is 44.9 Å². The molecule has 0 radical (unpaired) electrons. The van der Waals surface area contributed by atoms with Gasteiger partial charge in [0.25, 0.3) is 5.91 Å². The second-order valence-electron chi connectivity index (χ2n) is 7.30. The van der Waals surface area contributed by atoms with Gasteiger partial charge in [0.1, 0.15) is 5.82 Å². The van der Waals surface area contributed by atoms with Crippen LogP contribution in [0.2, 0.25) is 0 Å². The molecule has 0 aromatic carbocycles. The first-order valence-electron chi connectivity index (χ1n) is 9.61. The van der Waals surface area contributed by atoms with Gasteiger partial charge in [0.15, 0.2) is 0 Å².